The Balaban J connectivity index is 0.000000191. The van der Waals surface area contributed by atoms with Crippen LogP contribution in [0.2, 0.25) is 39.3 Å². The summed E-state index contributed by atoms with van der Waals surface area (Å²) in [6, 6.07) is 16.5. The van der Waals surface area contributed by atoms with Crippen molar-refractivity contribution in [2.75, 3.05) is 26.3 Å². The van der Waals surface area contributed by atoms with E-state index in [0.717, 1.165) is 148 Å². The Hall–Kier alpha value is -3.27. The number of aromatic nitrogens is 4. The zero-order chi connectivity index (χ0) is 59.2. The van der Waals surface area contributed by atoms with Gasteiger partial charge in [0.1, 0.15) is 22.1 Å². The molecule has 3 aliphatic heterocycles. The van der Waals surface area contributed by atoms with E-state index in [1.807, 2.05) is 24.3 Å². The summed E-state index contributed by atoms with van der Waals surface area (Å²) in [6.07, 6.45) is 10.9. The first-order valence-electron chi connectivity index (χ1n) is 27.9. The SMILES string of the molecule is C1CCOC1.CCCCC(CC)CN1C(=O)c2c(c(-c3ccc(Br)s3)c3nsnc3c2-c2ccc(Br)s2)C1=O.CCCCC(CC)CN1C(=O)c2c(c(-c3ccc([Si](C)(C)C)s3)c3nsnc3c2-c2ccc([Si](C)(C)C)s2)C1=O.[B]=NS. The quantitative estimate of drug-likeness (QED) is 0.0503. The number of rotatable bonds is 18. The standard InChI is InChI=1S/C30H39N3O2S3Si2.C24H21Br2N3O2S3.C4H8O.BHNS/c1-9-11-12-18(10-2)17-33-29(34)25-23(19-13-15-21(36-19)39(3,4)5)27-28(32-38-31-27)24(26(25)30(33)35)20-14-16-22(37-20)40(6,7)8;1-3-5-6-12(4-2)11-29-23(30)19-17(13-7-9-15(25)32-13)21-22(28-34-27-21)18(20(19)24(29)31)14-8-10-16(26)33-14;1-2-4-5-3-1;1-2-3/h13-16,18H,9-12,17H2,1-8H3;7-10,12H,3-6,11H2,1-2H3;1-4H2;3H. The number of amides is 4. The van der Waals surface area contributed by atoms with Gasteiger partial charge < -0.3 is 4.74 Å². The average molecular weight is 1400 g/mol. The summed E-state index contributed by atoms with van der Waals surface area (Å²) in [6.45, 7) is 25.5. The van der Waals surface area contributed by atoms with Gasteiger partial charge in [-0.1, -0.05) is 118 Å². The Kier molecular flexibility index (Phi) is 22.5. The van der Waals surface area contributed by atoms with Crippen LogP contribution in [0.1, 0.15) is 133 Å². The van der Waals surface area contributed by atoms with Crippen LogP contribution in [0.25, 0.3) is 63.8 Å². The average Bonchev–Trinajstić information content (AvgIpc) is 4.00. The number of nitrogens with zero attached hydrogens (tertiary/aromatic N) is 7. The number of halogens is 2. The molecule has 0 aliphatic carbocycles. The number of unbranched alkanes of at least 4 members (excludes halogenated alkanes) is 2. The van der Waals surface area contributed by atoms with Crippen molar-refractivity contribution in [3.05, 3.63) is 78.4 Å². The molecule has 3 aliphatic rings. The van der Waals surface area contributed by atoms with E-state index >= 15 is 0 Å². The second-order valence-electron chi connectivity index (χ2n) is 22.7. The Bertz CT molecular complexity index is 3400. The first-order valence-corrected chi connectivity index (χ1v) is 41.6. The van der Waals surface area contributed by atoms with Gasteiger partial charge in [0.15, 0.2) is 0 Å². The van der Waals surface area contributed by atoms with Gasteiger partial charge in [0, 0.05) is 68.1 Å². The van der Waals surface area contributed by atoms with Crippen LogP contribution in [-0.2, 0) is 4.74 Å². The molecular weight excluding hydrogens is 1330 g/mol. The first kappa shape index (κ1) is 64.7. The maximum atomic E-state index is 14.3. The van der Waals surface area contributed by atoms with E-state index in [9.17, 15) is 19.2 Å². The third kappa shape index (κ3) is 13.9. The summed E-state index contributed by atoms with van der Waals surface area (Å²) in [5, 5.41) is 0. The predicted molar refractivity (Wildman–Crippen MR) is 364 cm³/mol. The number of benzene rings is 2. The molecule has 0 spiro atoms. The number of thiophene rings is 4. The molecule has 0 bridgehead atoms. The van der Waals surface area contributed by atoms with Crippen molar-refractivity contribution in [3.8, 4) is 41.8 Å². The molecule has 1 radical (unpaired) electrons. The van der Waals surface area contributed by atoms with Crippen molar-refractivity contribution in [2.45, 2.75) is 131 Å². The summed E-state index contributed by atoms with van der Waals surface area (Å²) in [7, 11) is 1.22. The Morgan fingerprint density at radius 3 is 1.07 bits per heavy atom. The van der Waals surface area contributed by atoms with Crippen LogP contribution in [-0.4, -0.2) is 101 Å². The van der Waals surface area contributed by atoms with Crippen LogP contribution in [0.3, 0.4) is 0 Å². The van der Waals surface area contributed by atoms with E-state index in [1.54, 1.807) is 22.7 Å². The van der Waals surface area contributed by atoms with Crippen LogP contribution < -0.4 is 9.00 Å². The molecule has 1 fully saturated rings. The number of hydrogen-bond donors (Lipinski definition) is 1. The molecule has 2 atom stereocenters. The number of ether oxygens (including phenoxy) is 1. The monoisotopic (exact) mass is 1390 g/mol. The van der Waals surface area contributed by atoms with Gasteiger partial charge in [0.2, 0.25) is 0 Å². The summed E-state index contributed by atoms with van der Waals surface area (Å²) >= 11 is 19.1. The van der Waals surface area contributed by atoms with E-state index in [0.29, 0.717) is 52.3 Å². The Morgan fingerprint density at radius 2 is 0.841 bits per heavy atom. The number of fused-ring (bicyclic) bond motifs is 4. The van der Waals surface area contributed by atoms with E-state index in [4.69, 9.17) is 13.5 Å². The van der Waals surface area contributed by atoms with Crippen molar-refractivity contribution < 1.29 is 23.9 Å². The fourth-order valence-electron chi connectivity index (χ4n) is 10.4. The second kappa shape index (κ2) is 28.5. The van der Waals surface area contributed by atoms with Gasteiger partial charge >= 0.3 is 24.8 Å². The van der Waals surface area contributed by atoms with E-state index < -0.39 is 16.1 Å². The molecule has 24 heteroatoms. The van der Waals surface area contributed by atoms with Gasteiger partial charge in [-0.25, -0.2) is 0 Å². The molecule has 11 rings (SSSR count). The number of thiol groups is 1. The summed E-state index contributed by atoms with van der Waals surface area (Å²) in [5.74, 6) is -0.205. The van der Waals surface area contributed by atoms with Crippen molar-refractivity contribution in [2.24, 2.45) is 16.1 Å². The number of hydrogen-bond acceptors (Lipinski definition) is 17. The molecule has 12 nitrogen and oxygen atoms in total. The molecule has 2 aromatic carbocycles. The Labute approximate surface area is 531 Å². The van der Waals surface area contributed by atoms with Gasteiger partial charge in [-0.05, 0) is 115 Å². The molecular formula is C58H69BBr2N7O5S7Si2. The fraction of sp³-hybridized carbons (Fsp3) is 0.448. The molecule has 433 valence electrons. The zero-order valence-corrected chi connectivity index (χ0v) is 59.0. The summed E-state index contributed by atoms with van der Waals surface area (Å²) in [4.78, 5) is 63.3. The van der Waals surface area contributed by atoms with Crippen molar-refractivity contribution in [1.82, 2.24) is 27.3 Å². The molecule has 0 saturated carbocycles. The molecule has 4 amide bonds. The second-order valence-corrected chi connectivity index (χ2v) is 41.9. The Morgan fingerprint density at radius 1 is 0.537 bits per heavy atom. The maximum absolute atomic E-state index is 14.3. The molecule has 9 heterocycles. The van der Waals surface area contributed by atoms with Gasteiger partial charge in [0.05, 0.1) is 69.4 Å². The molecule has 6 aromatic heterocycles. The number of imide groups is 2. The van der Waals surface area contributed by atoms with Gasteiger partial charge in [0.25, 0.3) is 23.6 Å². The first-order chi connectivity index (χ1) is 39.2. The van der Waals surface area contributed by atoms with Crippen LogP contribution in [0, 0.1) is 11.8 Å². The van der Waals surface area contributed by atoms with Crippen molar-refractivity contribution >= 4 is 192 Å². The fourth-order valence-corrected chi connectivity index (χ4v) is 20.3. The van der Waals surface area contributed by atoms with Crippen LogP contribution in [0.5, 0.6) is 0 Å². The molecule has 0 N–H and O–H groups in total. The van der Waals surface area contributed by atoms with Crippen LogP contribution in [0.15, 0.2) is 60.4 Å². The summed E-state index contributed by atoms with van der Waals surface area (Å²) in [5.41, 5.74) is 7.84. The third-order valence-corrected chi connectivity index (χ3v) is 28.6. The van der Waals surface area contributed by atoms with Gasteiger partial charge in [-0.15, -0.1) is 45.3 Å². The van der Waals surface area contributed by atoms with Gasteiger partial charge in [-0.2, -0.15) is 17.5 Å². The third-order valence-electron chi connectivity index (χ3n) is 14.9. The normalized spacial score (nSPS) is 14.9. The molecule has 2 unspecified atom stereocenters. The number of carbonyl (C=O) groups excluding carboxylic acids is 4. The van der Waals surface area contributed by atoms with Gasteiger partial charge in [-0.3, -0.25) is 29.0 Å². The predicted octanol–water partition coefficient (Wildman–Crippen LogP) is 17.5. The molecule has 82 heavy (non-hydrogen) atoms. The van der Waals surface area contributed by atoms with E-state index in [2.05, 4.69) is 157 Å². The molecule has 8 aromatic rings. The minimum atomic E-state index is -1.56. The van der Waals surface area contributed by atoms with Crippen molar-refractivity contribution in [1.29, 1.82) is 0 Å². The van der Waals surface area contributed by atoms with E-state index in [1.165, 1.54) is 54.3 Å². The molecule has 1 saturated heterocycles. The topological polar surface area (TPSA) is 148 Å². The zero-order valence-electron chi connectivity index (χ0n) is 48.1. The van der Waals surface area contributed by atoms with Crippen LogP contribution in [0.4, 0.5) is 0 Å². The minimum absolute atomic E-state index is 0.175. The number of carbonyl (C=O) groups is 4. The van der Waals surface area contributed by atoms with E-state index in [-0.39, 0.29) is 29.5 Å². The van der Waals surface area contributed by atoms with Crippen molar-refractivity contribution in [3.63, 3.8) is 0 Å². The van der Waals surface area contributed by atoms with Crippen LogP contribution >= 0.6 is 113 Å². The summed E-state index contributed by atoms with van der Waals surface area (Å²) < 4.78 is 31.0.